The van der Waals surface area contributed by atoms with Crippen molar-refractivity contribution in [2.45, 2.75) is 46.0 Å². The highest BCUT2D eigenvalue weighted by molar-refractivity contribution is 5.78. The molecule has 0 atom stereocenters. The molecular weight excluding hydrogens is 268 g/mol. The fraction of sp³-hybridized carbons (Fsp3) is 0.450. The first kappa shape index (κ1) is 16.5. The Bertz CT molecular complexity index is 561. The smallest absolute Gasteiger partial charge is 0.0343 e. The molecule has 0 aromatic heterocycles. The summed E-state index contributed by atoms with van der Waals surface area (Å²) in [6.45, 7) is 4.11. The fourth-order valence-electron chi connectivity index (χ4n) is 3.01. The number of nitrogens with one attached hydrogen (secondary N) is 1. The first-order chi connectivity index (χ1) is 10.7. The van der Waals surface area contributed by atoms with Gasteiger partial charge in [0.25, 0.3) is 0 Å². The van der Waals surface area contributed by atoms with Crippen LogP contribution < -0.4 is 5.32 Å². The lowest BCUT2D eigenvalue weighted by Gasteiger charge is -2.18. The van der Waals surface area contributed by atoms with E-state index in [2.05, 4.69) is 47.6 Å². The van der Waals surface area contributed by atoms with Crippen molar-refractivity contribution in [1.82, 2.24) is 0 Å². The molecule has 118 valence electrons. The number of rotatable bonds is 5. The van der Waals surface area contributed by atoms with Gasteiger partial charge >= 0.3 is 0 Å². The molecule has 0 unspecified atom stereocenters. The van der Waals surface area contributed by atoms with Crippen LogP contribution in [-0.4, -0.2) is 13.3 Å². The van der Waals surface area contributed by atoms with Crippen LogP contribution in [0.25, 0.3) is 5.57 Å². The van der Waals surface area contributed by atoms with Crippen molar-refractivity contribution in [1.29, 1.82) is 0 Å². The molecule has 1 N–H and O–H groups in total. The summed E-state index contributed by atoms with van der Waals surface area (Å²) in [5.74, 6) is 0.732. The molecular formula is C20H28N2. The van der Waals surface area contributed by atoms with Gasteiger partial charge in [0.2, 0.25) is 0 Å². The Hall–Kier alpha value is -1.83. The minimum atomic E-state index is 0.732. The third-order valence-corrected chi connectivity index (χ3v) is 4.40. The second-order valence-corrected chi connectivity index (χ2v) is 6.03. The molecule has 0 spiro atoms. The van der Waals surface area contributed by atoms with Crippen molar-refractivity contribution in [2.24, 2.45) is 10.9 Å². The van der Waals surface area contributed by atoms with Crippen molar-refractivity contribution < 1.29 is 0 Å². The number of anilines is 1. The molecule has 0 amide bonds. The number of hydrogen-bond donors (Lipinski definition) is 1. The number of benzene rings is 1. The number of aryl methyl sites for hydroxylation is 1. The van der Waals surface area contributed by atoms with Gasteiger partial charge in [-0.05, 0) is 61.4 Å². The number of hydrogen-bond acceptors (Lipinski definition) is 2. The van der Waals surface area contributed by atoms with E-state index in [1.165, 1.54) is 48.8 Å². The SMILES string of the molecule is CC=N/C=C(\C=C/C1CCCCC1)c1cc(NC)ccc1C. The maximum absolute atomic E-state index is 4.35. The summed E-state index contributed by atoms with van der Waals surface area (Å²) in [4.78, 5) is 4.35. The molecule has 1 aliphatic carbocycles. The highest BCUT2D eigenvalue weighted by Crippen LogP contribution is 2.28. The van der Waals surface area contributed by atoms with Crippen LogP contribution in [0.1, 0.15) is 50.2 Å². The average molecular weight is 296 g/mol. The van der Waals surface area contributed by atoms with E-state index in [1.807, 2.05) is 26.4 Å². The summed E-state index contributed by atoms with van der Waals surface area (Å²) >= 11 is 0. The normalized spacial score (nSPS) is 17.5. The quantitative estimate of drug-likeness (QED) is 0.554. The van der Waals surface area contributed by atoms with Crippen LogP contribution in [0.5, 0.6) is 0 Å². The lowest BCUT2D eigenvalue weighted by molar-refractivity contribution is 0.419. The van der Waals surface area contributed by atoms with Crippen LogP contribution in [0.2, 0.25) is 0 Å². The van der Waals surface area contributed by atoms with E-state index in [9.17, 15) is 0 Å². The summed E-state index contributed by atoms with van der Waals surface area (Å²) in [6.07, 6.45) is 15.3. The Morgan fingerprint density at radius 3 is 2.68 bits per heavy atom. The number of nitrogens with zero attached hydrogens (tertiary/aromatic N) is 1. The van der Waals surface area contributed by atoms with Gasteiger partial charge in [0.1, 0.15) is 0 Å². The van der Waals surface area contributed by atoms with E-state index in [4.69, 9.17) is 0 Å². The van der Waals surface area contributed by atoms with Crippen molar-refractivity contribution in [2.75, 3.05) is 12.4 Å². The van der Waals surface area contributed by atoms with Gasteiger partial charge in [0.05, 0.1) is 0 Å². The Kier molecular flexibility index (Phi) is 6.45. The van der Waals surface area contributed by atoms with Gasteiger partial charge in [-0.15, -0.1) is 0 Å². The standard InChI is InChI=1S/C20H28N2/c1-4-22-15-18(12-11-17-8-6-5-7-9-17)20-14-19(21-3)13-10-16(20)2/h4,10-15,17,21H,5-9H2,1-3H3/b12-11-,18-15+,22-4?. The Morgan fingerprint density at radius 2 is 2.00 bits per heavy atom. The predicted molar refractivity (Wildman–Crippen MR) is 98.6 cm³/mol. The summed E-state index contributed by atoms with van der Waals surface area (Å²) in [5, 5.41) is 3.22. The van der Waals surface area contributed by atoms with Crippen LogP contribution in [0.3, 0.4) is 0 Å². The van der Waals surface area contributed by atoms with Crippen LogP contribution in [0.4, 0.5) is 5.69 Å². The third-order valence-electron chi connectivity index (χ3n) is 4.40. The zero-order chi connectivity index (χ0) is 15.8. The number of aliphatic imine (C=N–C) groups is 1. The molecule has 1 fully saturated rings. The summed E-state index contributed by atoms with van der Waals surface area (Å²) in [5.41, 5.74) is 4.87. The molecule has 1 aromatic rings. The molecule has 1 aromatic carbocycles. The molecule has 1 aliphatic rings. The van der Waals surface area contributed by atoms with Crippen LogP contribution >= 0.6 is 0 Å². The van der Waals surface area contributed by atoms with Gasteiger partial charge in [-0.2, -0.15) is 0 Å². The van der Waals surface area contributed by atoms with Crippen LogP contribution in [0.15, 0.2) is 41.5 Å². The predicted octanol–water partition coefficient (Wildman–Crippen LogP) is 5.60. The van der Waals surface area contributed by atoms with Crippen LogP contribution in [0, 0.1) is 12.8 Å². The Labute approximate surface area is 135 Å². The van der Waals surface area contributed by atoms with E-state index < -0.39 is 0 Å². The van der Waals surface area contributed by atoms with E-state index >= 15 is 0 Å². The zero-order valence-electron chi connectivity index (χ0n) is 14.1. The highest BCUT2D eigenvalue weighted by atomic mass is 14.8. The largest absolute Gasteiger partial charge is 0.388 e. The molecule has 2 heteroatoms. The molecule has 0 saturated heterocycles. The van der Waals surface area contributed by atoms with Crippen molar-refractivity contribution in [3.8, 4) is 0 Å². The molecule has 0 bridgehead atoms. The molecule has 2 rings (SSSR count). The summed E-state index contributed by atoms with van der Waals surface area (Å²) in [6, 6.07) is 6.49. The minimum Gasteiger partial charge on any atom is -0.388 e. The monoisotopic (exact) mass is 296 g/mol. The Morgan fingerprint density at radius 1 is 1.23 bits per heavy atom. The highest BCUT2D eigenvalue weighted by Gasteiger charge is 2.11. The van der Waals surface area contributed by atoms with E-state index in [-0.39, 0.29) is 0 Å². The van der Waals surface area contributed by atoms with Crippen molar-refractivity contribution >= 4 is 17.5 Å². The van der Waals surface area contributed by atoms with Gasteiger partial charge < -0.3 is 5.32 Å². The second kappa shape index (κ2) is 8.57. The van der Waals surface area contributed by atoms with E-state index in [0.29, 0.717) is 0 Å². The van der Waals surface area contributed by atoms with Gasteiger partial charge in [0.15, 0.2) is 0 Å². The van der Waals surface area contributed by atoms with E-state index in [0.717, 1.165) is 11.6 Å². The molecule has 2 nitrogen and oxygen atoms in total. The van der Waals surface area contributed by atoms with Gasteiger partial charge in [-0.25, -0.2) is 0 Å². The lowest BCUT2D eigenvalue weighted by Crippen LogP contribution is -2.02. The summed E-state index contributed by atoms with van der Waals surface area (Å²) in [7, 11) is 1.96. The number of allylic oxidation sites excluding steroid dienone is 3. The maximum Gasteiger partial charge on any atom is 0.0343 e. The van der Waals surface area contributed by atoms with Gasteiger partial charge in [0, 0.05) is 25.1 Å². The van der Waals surface area contributed by atoms with E-state index in [1.54, 1.807) is 0 Å². The fourth-order valence-corrected chi connectivity index (χ4v) is 3.01. The maximum atomic E-state index is 4.35. The van der Waals surface area contributed by atoms with Gasteiger partial charge in [-0.3, -0.25) is 4.99 Å². The molecule has 0 aliphatic heterocycles. The molecule has 22 heavy (non-hydrogen) atoms. The van der Waals surface area contributed by atoms with Crippen molar-refractivity contribution in [3.05, 3.63) is 47.7 Å². The van der Waals surface area contributed by atoms with Gasteiger partial charge in [-0.1, -0.05) is 37.5 Å². The van der Waals surface area contributed by atoms with Crippen LogP contribution in [-0.2, 0) is 0 Å². The molecule has 0 radical (unpaired) electrons. The molecule has 0 heterocycles. The Balaban J connectivity index is 2.28. The first-order valence-electron chi connectivity index (χ1n) is 8.39. The second-order valence-electron chi connectivity index (χ2n) is 6.03. The minimum absolute atomic E-state index is 0.732. The lowest BCUT2D eigenvalue weighted by atomic mass is 9.88. The zero-order valence-corrected chi connectivity index (χ0v) is 14.1. The first-order valence-corrected chi connectivity index (χ1v) is 8.39. The topological polar surface area (TPSA) is 24.4 Å². The molecule has 1 saturated carbocycles. The third kappa shape index (κ3) is 4.59. The van der Waals surface area contributed by atoms with Crippen molar-refractivity contribution in [3.63, 3.8) is 0 Å². The summed E-state index contributed by atoms with van der Waals surface area (Å²) < 4.78 is 0. The average Bonchev–Trinajstić information content (AvgIpc) is 2.57.